The molecule has 6 nitrogen and oxygen atoms in total. The lowest BCUT2D eigenvalue weighted by Crippen LogP contribution is -2.06. The first-order valence-electron chi connectivity index (χ1n) is 8.75. The number of aryl methyl sites for hydroxylation is 1. The summed E-state index contributed by atoms with van der Waals surface area (Å²) in [6.07, 6.45) is 0. The topological polar surface area (TPSA) is 90.9 Å². The second-order valence-corrected chi connectivity index (χ2v) is 9.35. The Bertz CT molecular complexity index is 1260. The molecule has 2 N–H and O–H groups in total. The molecule has 0 aliphatic heterocycles. The molecule has 0 aliphatic rings. The van der Waals surface area contributed by atoms with E-state index in [0.29, 0.717) is 22.6 Å². The van der Waals surface area contributed by atoms with Crippen LogP contribution in [-0.2, 0) is 9.84 Å². The first-order valence-corrected chi connectivity index (χ1v) is 11.0. The number of sulfone groups is 1. The maximum atomic E-state index is 13.4. The lowest BCUT2D eigenvalue weighted by molar-refractivity contribution is 0.592. The average Bonchev–Trinajstić information content (AvgIpc) is 3.15. The minimum atomic E-state index is -3.88. The van der Waals surface area contributed by atoms with E-state index in [-0.39, 0.29) is 9.92 Å². The van der Waals surface area contributed by atoms with Crippen LogP contribution in [-0.4, -0.2) is 23.4 Å². The van der Waals surface area contributed by atoms with E-state index >= 15 is 0 Å². The van der Waals surface area contributed by atoms with Gasteiger partial charge in [-0.25, -0.2) is 13.1 Å². The van der Waals surface area contributed by atoms with Crippen LogP contribution in [0.15, 0.2) is 87.2 Å². The molecule has 0 aliphatic carbocycles. The summed E-state index contributed by atoms with van der Waals surface area (Å²) in [5, 5.41) is 8.13. The molecule has 0 atom stereocenters. The molecule has 29 heavy (non-hydrogen) atoms. The highest BCUT2D eigenvalue weighted by atomic mass is 79.9. The number of anilines is 1. The zero-order valence-electron chi connectivity index (χ0n) is 15.4. The van der Waals surface area contributed by atoms with Crippen LogP contribution in [0.5, 0.6) is 0 Å². The highest BCUT2D eigenvalue weighted by molar-refractivity contribution is 9.10. The van der Waals surface area contributed by atoms with Crippen LogP contribution < -0.4 is 5.73 Å². The van der Waals surface area contributed by atoms with Gasteiger partial charge in [0.05, 0.1) is 10.6 Å². The Hall–Kier alpha value is -2.97. The summed E-state index contributed by atoms with van der Waals surface area (Å²) < 4.78 is 29.0. The number of nitrogen functional groups attached to an aromatic ring is 1. The van der Waals surface area contributed by atoms with Crippen LogP contribution in [0.1, 0.15) is 5.56 Å². The van der Waals surface area contributed by atoms with E-state index in [0.717, 1.165) is 10.0 Å². The third kappa shape index (κ3) is 3.68. The largest absolute Gasteiger partial charge is 0.399 e. The molecule has 0 radical (unpaired) electrons. The monoisotopic (exact) mass is 468 g/mol. The third-order valence-electron chi connectivity index (χ3n) is 4.48. The van der Waals surface area contributed by atoms with Crippen molar-refractivity contribution < 1.29 is 8.42 Å². The van der Waals surface area contributed by atoms with Crippen molar-refractivity contribution in [2.24, 2.45) is 0 Å². The number of benzene rings is 3. The van der Waals surface area contributed by atoms with E-state index in [1.807, 2.05) is 31.2 Å². The van der Waals surface area contributed by atoms with Crippen molar-refractivity contribution in [3.63, 3.8) is 0 Å². The summed E-state index contributed by atoms with van der Waals surface area (Å²) in [6.45, 7) is 1.97. The van der Waals surface area contributed by atoms with Crippen molar-refractivity contribution in [2.45, 2.75) is 16.8 Å². The van der Waals surface area contributed by atoms with E-state index in [1.165, 1.54) is 4.68 Å². The lowest BCUT2D eigenvalue weighted by Gasteiger charge is -2.10. The molecular weight excluding hydrogens is 452 g/mol. The van der Waals surface area contributed by atoms with Gasteiger partial charge in [0.15, 0.2) is 0 Å². The smallest absolute Gasteiger partial charge is 0.227 e. The quantitative estimate of drug-likeness (QED) is 0.447. The van der Waals surface area contributed by atoms with Gasteiger partial charge in [0.1, 0.15) is 5.69 Å². The maximum Gasteiger partial charge on any atom is 0.227 e. The van der Waals surface area contributed by atoms with E-state index in [9.17, 15) is 8.42 Å². The van der Waals surface area contributed by atoms with Gasteiger partial charge in [-0.05, 0) is 55.5 Å². The van der Waals surface area contributed by atoms with E-state index in [4.69, 9.17) is 5.73 Å². The van der Waals surface area contributed by atoms with Gasteiger partial charge in [0, 0.05) is 15.7 Å². The summed E-state index contributed by atoms with van der Waals surface area (Å²) in [5.41, 5.74) is 9.23. The Morgan fingerprint density at radius 2 is 1.52 bits per heavy atom. The maximum absolute atomic E-state index is 13.4. The van der Waals surface area contributed by atoms with Crippen LogP contribution >= 0.6 is 15.9 Å². The molecule has 1 heterocycles. The predicted octanol–water partition coefficient (Wildman–Crippen LogP) is 4.42. The standard InChI is InChI=1S/C21H17BrN4O2S/c1-14-2-4-15(5-3-14)20-21(29(27,28)19-12-6-16(22)7-13-19)24-25-26(20)18-10-8-17(23)9-11-18/h2-13H,23H2,1H3. The molecule has 1 aromatic heterocycles. The first-order chi connectivity index (χ1) is 13.9. The highest BCUT2D eigenvalue weighted by Gasteiger charge is 2.29. The minimum Gasteiger partial charge on any atom is -0.399 e. The van der Waals surface area contributed by atoms with Gasteiger partial charge in [-0.15, -0.1) is 5.10 Å². The van der Waals surface area contributed by atoms with Crippen molar-refractivity contribution in [1.82, 2.24) is 15.0 Å². The SMILES string of the molecule is Cc1ccc(-c2c(S(=O)(=O)c3ccc(Br)cc3)nnn2-c2ccc(N)cc2)cc1. The zero-order chi connectivity index (χ0) is 20.6. The van der Waals surface area contributed by atoms with E-state index in [2.05, 4.69) is 26.2 Å². The summed E-state index contributed by atoms with van der Waals surface area (Å²) in [5.74, 6) is 0. The molecule has 0 unspecified atom stereocenters. The Balaban J connectivity index is 1.96. The molecule has 0 spiro atoms. The van der Waals surface area contributed by atoms with Gasteiger partial charge < -0.3 is 5.73 Å². The van der Waals surface area contributed by atoms with Crippen LogP contribution in [0.25, 0.3) is 16.9 Å². The number of rotatable bonds is 4. The van der Waals surface area contributed by atoms with Gasteiger partial charge in [-0.3, -0.25) is 0 Å². The lowest BCUT2D eigenvalue weighted by atomic mass is 10.1. The second-order valence-electron chi connectivity index (χ2n) is 6.57. The molecule has 3 aromatic carbocycles. The molecule has 0 bridgehead atoms. The van der Waals surface area contributed by atoms with Gasteiger partial charge in [0.2, 0.25) is 14.9 Å². The van der Waals surface area contributed by atoms with E-state index < -0.39 is 9.84 Å². The van der Waals surface area contributed by atoms with Crippen molar-refractivity contribution in [3.8, 4) is 16.9 Å². The normalized spacial score (nSPS) is 11.5. The van der Waals surface area contributed by atoms with Gasteiger partial charge in [-0.2, -0.15) is 0 Å². The molecule has 0 saturated heterocycles. The molecule has 4 rings (SSSR count). The summed E-state index contributed by atoms with van der Waals surface area (Å²) >= 11 is 3.33. The van der Waals surface area contributed by atoms with Crippen molar-refractivity contribution in [1.29, 1.82) is 0 Å². The van der Waals surface area contributed by atoms with Crippen LogP contribution in [0.3, 0.4) is 0 Å². The molecule has 0 saturated carbocycles. The highest BCUT2D eigenvalue weighted by Crippen LogP contribution is 2.32. The van der Waals surface area contributed by atoms with Crippen LogP contribution in [0.2, 0.25) is 0 Å². The summed E-state index contributed by atoms with van der Waals surface area (Å²) in [6, 6.07) is 21.0. The Kier molecular flexibility index (Phi) is 4.97. The van der Waals surface area contributed by atoms with E-state index in [1.54, 1.807) is 48.5 Å². The fourth-order valence-electron chi connectivity index (χ4n) is 2.93. The predicted molar refractivity (Wildman–Crippen MR) is 116 cm³/mol. The fraction of sp³-hybridized carbons (Fsp3) is 0.0476. The molecular formula is C21H17BrN4O2S. The number of aromatic nitrogens is 3. The summed E-state index contributed by atoms with van der Waals surface area (Å²) in [4.78, 5) is 0.151. The molecule has 146 valence electrons. The Morgan fingerprint density at radius 3 is 2.14 bits per heavy atom. The molecule has 4 aromatic rings. The third-order valence-corrected chi connectivity index (χ3v) is 6.69. The zero-order valence-corrected chi connectivity index (χ0v) is 17.9. The number of hydrogen-bond donors (Lipinski definition) is 1. The van der Waals surface area contributed by atoms with Crippen molar-refractivity contribution >= 4 is 31.5 Å². The Labute approximate surface area is 177 Å². The second kappa shape index (κ2) is 7.46. The number of nitrogens with two attached hydrogens (primary N) is 1. The Morgan fingerprint density at radius 1 is 0.897 bits per heavy atom. The van der Waals surface area contributed by atoms with Crippen LogP contribution in [0.4, 0.5) is 5.69 Å². The summed E-state index contributed by atoms with van der Waals surface area (Å²) in [7, 11) is -3.88. The van der Waals surface area contributed by atoms with Gasteiger partial charge >= 0.3 is 0 Å². The molecule has 8 heteroatoms. The number of hydrogen-bond acceptors (Lipinski definition) is 5. The minimum absolute atomic E-state index is 0.0968. The van der Waals surface area contributed by atoms with Crippen LogP contribution in [0, 0.1) is 6.92 Å². The van der Waals surface area contributed by atoms with Gasteiger partial charge in [-0.1, -0.05) is 51.0 Å². The number of nitrogens with zero attached hydrogens (tertiary/aromatic N) is 3. The first kappa shape index (κ1) is 19.4. The van der Waals surface area contributed by atoms with Gasteiger partial charge in [0.25, 0.3) is 0 Å². The molecule has 0 fully saturated rings. The molecule has 0 amide bonds. The fourth-order valence-corrected chi connectivity index (χ4v) is 4.51. The van der Waals surface area contributed by atoms with Crippen molar-refractivity contribution in [2.75, 3.05) is 5.73 Å². The van der Waals surface area contributed by atoms with Crippen molar-refractivity contribution in [3.05, 3.63) is 82.8 Å². The average molecular weight is 469 g/mol. The number of halogens is 1.